The van der Waals surface area contributed by atoms with Gasteiger partial charge < -0.3 is 4.90 Å². The number of hydrogen-bond donors (Lipinski definition) is 1. The number of nitrogens with zero attached hydrogens (tertiary/aromatic N) is 2. The molecule has 1 aromatic heterocycles. The van der Waals surface area contributed by atoms with Crippen LogP contribution in [0.3, 0.4) is 0 Å². The Kier molecular flexibility index (Phi) is 4.94. The standard InChI is InChI=1S/C19H25N3O2S2/c1-2-18-9-10-19(25-18)26(23,24)20-15-3-5-16(6-4-15)21-11-13-22(14-12-21)17-7-8-17/h3-6,9-10,17,20H,2,7-8,11-14H2,1H3. The molecule has 2 heterocycles. The summed E-state index contributed by atoms with van der Waals surface area (Å²) in [5.41, 5.74) is 1.77. The maximum atomic E-state index is 12.5. The van der Waals surface area contributed by atoms with Crippen LogP contribution in [0.5, 0.6) is 0 Å². The van der Waals surface area contributed by atoms with Crippen LogP contribution in [0.2, 0.25) is 0 Å². The van der Waals surface area contributed by atoms with E-state index in [2.05, 4.69) is 14.5 Å². The number of rotatable bonds is 6. The largest absolute Gasteiger partial charge is 0.369 e. The van der Waals surface area contributed by atoms with E-state index in [-0.39, 0.29) is 0 Å². The Morgan fingerprint density at radius 2 is 1.73 bits per heavy atom. The van der Waals surface area contributed by atoms with Crippen LogP contribution in [-0.4, -0.2) is 45.5 Å². The normalized spacial score (nSPS) is 18.9. The quantitative estimate of drug-likeness (QED) is 0.820. The molecule has 0 bridgehead atoms. The van der Waals surface area contributed by atoms with Gasteiger partial charge in [-0.1, -0.05) is 6.92 Å². The Hall–Kier alpha value is -1.57. The predicted molar refractivity (Wildman–Crippen MR) is 108 cm³/mol. The summed E-state index contributed by atoms with van der Waals surface area (Å²) < 4.78 is 28.1. The van der Waals surface area contributed by atoms with Gasteiger partial charge >= 0.3 is 0 Å². The first-order valence-corrected chi connectivity index (χ1v) is 11.6. The van der Waals surface area contributed by atoms with Crippen molar-refractivity contribution in [3.63, 3.8) is 0 Å². The summed E-state index contributed by atoms with van der Waals surface area (Å²) >= 11 is 1.33. The minimum atomic E-state index is -3.50. The van der Waals surface area contributed by atoms with Crippen molar-refractivity contribution in [2.75, 3.05) is 35.8 Å². The minimum Gasteiger partial charge on any atom is -0.369 e. The maximum Gasteiger partial charge on any atom is 0.271 e. The van der Waals surface area contributed by atoms with E-state index in [1.54, 1.807) is 6.07 Å². The molecule has 0 amide bonds. The molecule has 0 radical (unpaired) electrons. The third kappa shape index (κ3) is 3.89. The van der Waals surface area contributed by atoms with Crippen LogP contribution >= 0.6 is 11.3 Å². The van der Waals surface area contributed by atoms with E-state index in [1.165, 1.54) is 24.2 Å². The summed E-state index contributed by atoms with van der Waals surface area (Å²) in [6.45, 7) is 6.35. The number of anilines is 2. The van der Waals surface area contributed by atoms with Crippen LogP contribution in [0.1, 0.15) is 24.6 Å². The van der Waals surface area contributed by atoms with Crippen molar-refractivity contribution in [3.05, 3.63) is 41.3 Å². The molecule has 1 aromatic carbocycles. The first kappa shape index (κ1) is 17.8. The smallest absolute Gasteiger partial charge is 0.271 e. The molecule has 0 spiro atoms. The Morgan fingerprint density at radius 3 is 2.31 bits per heavy atom. The third-order valence-corrected chi connectivity index (χ3v) is 8.22. The zero-order valence-electron chi connectivity index (χ0n) is 15.0. The van der Waals surface area contributed by atoms with E-state index >= 15 is 0 Å². The van der Waals surface area contributed by atoms with E-state index in [4.69, 9.17) is 0 Å². The fraction of sp³-hybridized carbons (Fsp3) is 0.474. The summed E-state index contributed by atoms with van der Waals surface area (Å²) in [5.74, 6) is 0. The Balaban J connectivity index is 1.39. The first-order chi connectivity index (χ1) is 12.5. The van der Waals surface area contributed by atoms with Gasteiger partial charge in [-0.2, -0.15) is 0 Å². The Morgan fingerprint density at radius 1 is 1.04 bits per heavy atom. The second kappa shape index (κ2) is 7.21. The molecule has 1 saturated carbocycles. The van der Waals surface area contributed by atoms with E-state index < -0.39 is 10.0 Å². The SMILES string of the molecule is CCc1ccc(S(=O)(=O)Nc2ccc(N3CCN(C4CC4)CC3)cc2)s1. The zero-order chi connectivity index (χ0) is 18.1. The van der Waals surface area contributed by atoms with Crippen LogP contribution in [0.4, 0.5) is 11.4 Å². The van der Waals surface area contributed by atoms with Gasteiger partial charge in [0.2, 0.25) is 0 Å². The fourth-order valence-corrected chi connectivity index (χ4v) is 5.78. The van der Waals surface area contributed by atoms with Gasteiger partial charge in [0.05, 0.1) is 0 Å². The Labute approximate surface area is 159 Å². The number of sulfonamides is 1. The van der Waals surface area contributed by atoms with Crippen LogP contribution in [0.15, 0.2) is 40.6 Å². The molecule has 5 nitrogen and oxygen atoms in total. The second-order valence-electron chi connectivity index (χ2n) is 6.98. The summed E-state index contributed by atoms with van der Waals surface area (Å²) in [4.78, 5) is 6.04. The van der Waals surface area contributed by atoms with Crippen molar-refractivity contribution in [3.8, 4) is 0 Å². The topological polar surface area (TPSA) is 52.7 Å². The molecule has 0 unspecified atom stereocenters. The van der Waals surface area contributed by atoms with Gasteiger partial charge in [0.1, 0.15) is 4.21 Å². The molecule has 2 aliphatic rings. The fourth-order valence-electron chi connectivity index (χ4n) is 3.42. The predicted octanol–water partition coefficient (Wildman–Crippen LogP) is 3.40. The lowest BCUT2D eigenvalue weighted by Gasteiger charge is -2.36. The maximum absolute atomic E-state index is 12.5. The molecule has 1 N–H and O–H groups in total. The van der Waals surface area contributed by atoms with Crippen LogP contribution in [0, 0.1) is 0 Å². The van der Waals surface area contributed by atoms with Crippen LogP contribution in [-0.2, 0) is 16.4 Å². The number of nitrogens with one attached hydrogen (secondary N) is 1. The molecule has 26 heavy (non-hydrogen) atoms. The number of hydrogen-bond acceptors (Lipinski definition) is 5. The van der Waals surface area contributed by atoms with Crippen LogP contribution in [0.25, 0.3) is 0 Å². The molecular formula is C19H25N3O2S2. The molecule has 1 saturated heterocycles. The lowest BCUT2D eigenvalue weighted by molar-refractivity contribution is 0.248. The number of aryl methyl sites for hydroxylation is 1. The zero-order valence-corrected chi connectivity index (χ0v) is 16.7. The molecule has 2 aromatic rings. The molecule has 4 rings (SSSR count). The number of benzene rings is 1. The first-order valence-electron chi connectivity index (χ1n) is 9.26. The highest BCUT2D eigenvalue weighted by atomic mass is 32.2. The van der Waals surface area contributed by atoms with Gasteiger partial charge in [0.15, 0.2) is 0 Å². The van der Waals surface area contributed by atoms with Crippen molar-refractivity contribution in [1.29, 1.82) is 0 Å². The van der Waals surface area contributed by atoms with Crippen LogP contribution < -0.4 is 9.62 Å². The molecule has 2 fully saturated rings. The minimum absolute atomic E-state index is 0.370. The van der Waals surface area contributed by atoms with E-state index in [9.17, 15) is 8.42 Å². The average molecular weight is 392 g/mol. The number of piperazine rings is 1. The van der Waals surface area contributed by atoms with Crippen molar-refractivity contribution in [1.82, 2.24) is 4.90 Å². The van der Waals surface area contributed by atoms with E-state index in [0.717, 1.165) is 49.2 Å². The van der Waals surface area contributed by atoms with E-state index in [1.807, 2.05) is 37.3 Å². The summed E-state index contributed by atoms with van der Waals surface area (Å²) in [5, 5.41) is 0. The van der Waals surface area contributed by atoms with Gasteiger partial charge in [-0.15, -0.1) is 11.3 Å². The monoisotopic (exact) mass is 391 g/mol. The Bertz CT molecular complexity index is 849. The lowest BCUT2D eigenvalue weighted by atomic mass is 10.2. The van der Waals surface area contributed by atoms with Gasteiger partial charge in [-0.25, -0.2) is 8.42 Å². The number of thiophene rings is 1. The summed E-state index contributed by atoms with van der Waals surface area (Å²) in [7, 11) is -3.50. The second-order valence-corrected chi connectivity index (χ2v) is 10.1. The van der Waals surface area contributed by atoms with E-state index in [0.29, 0.717) is 9.90 Å². The third-order valence-electron chi connectivity index (χ3n) is 5.11. The van der Waals surface area contributed by atoms with Gasteiger partial charge in [0.25, 0.3) is 10.0 Å². The van der Waals surface area contributed by atoms with Gasteiger partial charge in [-0.05, 0) is 55.7 Å². The molecular weight excluding hydrogens is 366 g/mol. The van der Waals surface area contributed by atoms with Crippen molar-refractivity contribution >= 4 is 32.7 Å². The van der Waals surface area contributed by atoms with Gasteiger partial charge in [0, 0.05) is 48.5 Å². The highest BCUT2D eigenvalue weighted by Crippen LogP contribution is 2.29. The van der Waals surface area contributed by atoms with Crippen molar-refractivity contribution in [2.45, 2.75) is 36.4 Å². The molecule has 1 aliphatic heterocycles. The molecule has 7 heteroatoms. The van der Waals surface area contributed by atoms with Gasteiger partial charge in [-0.3, -0.25) is 9.62 Å². The summed E-state index contributed by atoms with van der Waals surface area (Å²) in [6, 6.07) is 12.1. The lowest BCUT2D eigenvalue weighted by Crippen LogP contribution is -2.47. The van der Waals surface area contributed by atoms with Crippen molar-refractivity contribution < 1.29 is 8.42 Å². The highest BCUT2D eigenvalue weighted by molar-refractivity contribution is 7.94. The average Bonchev–Trinajstić information content (AvgIpc) is 3.38. The highest BCUT2D eigenvalue weighted by Gasteiger charge is 2.31. The molecule has 1 aliphatic carbocycles. The molecule has 140 valence electrons. The summed E-state index contributed by atoms with van der Waals surface area (Å²) in [6.07, 6.45) is 3.57. The molecule has 0 atom stereocenters. The van der Waals surface area contributed by atoms with Crippen molar-refractivity contribution in [2.24, 2.45) is 0 Å².